The topological polar surface area (TPSA) is 38.0 Å². The van der Waals surface area contributed by atoms with Crippen LogP contribution in [-0.2, 0) is 0 Å². The minimum atomic E-state index is -1.43. The number of benzene rings is 1. The number of aliphatic hydroxyl groups is 1. The van der Waals surface area contributed by atoms with Gasteiger partial charge < -0.3 is 5.11 Å². The van der Waals surface area contributed by atoms with Gasteiger partial charge in [-0.05, 0) is 26.0 Å². The molecule has 0 bridgehead atoms. The highest BCUT2D eigenvalue weighted by Crippen LogP contribution is 2.33. The van der Waals surface area contributed by atoms with E-state index in [4.69, 9.17) is 23.2 Å². The van der Waals surface area contributed by atoms with Crippen LogP contribution < -0.4 is 0 Å². The van der Waals surface area contributed by atoms with Crippen molar-refractivity contribution in [3.05, 3.63) is 51.3 Å². The molecule has 0 spiro atoms. The monoisotopic (exact) mass is 320 g/mol. The summed E-state index contributed by atoms with van der Waals surface area (Å²) in [7, 11) is 0. The SMILES string of the molecule is CC(C)n1ncc(Cl)c1C(O)c1cc(F)c(Cl)cc1F. The van der Waals surface area contributed by atoms with Crippen molar-refractivity contribution in [3.63, 3.8) is 0 Å². The van der Waals surface area contributed by atoms with Crippen LogP contribution in [0, 0.1) is 11.6 Å². The highest BCUT2D eigenvalue weighted by Gasteiger charge is 2.25. The number of hydrogen-bond donors (Lipinski definition) is 1. The van der Waals surface area contributed by atoms with Crippen LogP contribution >= 0.6 is 23.2 Å². The third kappa shape index (κ3) is 2.66. The van der Waals surface area contributed by atoms with Crippen molar-refractivity contribution in [2.75, 3.05) is 0 Å². The molecule has 108 valence electrons. The van der Waals surface area contributed by atoms with E-state index in [2.05, 4.69) is 5.10 Å². The Labute approximate surface area is 124 Å². The molecule has 3 nitrogen and oxygen atoms in total. The smallest absolute Gasteiger partial charge is 0.142 e. The molecule has 0 fully saturated rings. The lowest BCUT2D eigenvalue weighted by atomic mass is 10.1. The second-order valence-corrected chi connectivity index (χ2v) is 5.42. The maximum absolute atomic E-state index is 13.9. The van der Waals surface area contributed by atoms with Crippen LogP contribution in [0.5, 0.6) is 0 Å². The summed E-state index contributed by atoms with van der Waals surface area (Å²) in [4.78, 5) is 0. The fraction of sp³-hybridized carbons (Fsp3) is 0.308. The van der Waals surface area contributed by atoms with Gasteiger partial charge in [0.15, 0.2) is 0 Å². The van der Waals surface area contributed by atoms with E-state index in [1.165, 1.54) is 10.9 Å². The lowest BCUT2D eigenvalue weighted by Crippen LogP contribution is -2.14. The fourth-order valence-electron chi connectivity index (χ4n) is 1.91. The van der Waals surface area contributed by atoms with E-state index in [0.717, 1.165) is 12.1 Å². The molecule has 20 heavy (non-hydrogen) atoms. The zero-order valence-electron chi connectivity index (χ0n) is 10.7. The van der Waals surface area contributed by atoms with Crippen molar-refractivity contribution in [2.45, 2.75) is 26.0 Å². The van der Waals surface area contributed by atoms with Crippen molar-refractivity contribution in [1.82, 2.24) is 9.78 Å². The first-order chi connectivity index (χ1) is 9.32. The fourth-order valence-corrected chi connectivity index (χ4v) is 2.30. The average molecular weight is 321 g/mol. The van der Waals surface area contributed by atoms with Gasteiger partial charge in [-0.25, -0.2) is 8.78 Å². The van der Waals surface area contributed by atoms with Gasteiger partial charge in [0.2, 0.25) is 0 Å². The second kappa shape index (κ2) is 5.68. The van der Waals surface area contributed by atoms with Crippen LogP contribution in [0.2, 0.25) is 10.0 Å². The summed E-state index contributed by atoms with van der Waals surface area (Å²) in [5.41, 5.74) is -0.0292. The number of aliphatic hydroxyl groups excluding tert-OH is 1. The Morgan fingerprint density at radius 3 is 2.40 bits per heavy atom. The van der Waals surface area contributed by atoms with E-state index in [-0.39, 0.29) is 27.3 Å². The first-order valence-corrected chi connectivity index (χ1v) is 6.64. The Bertz CT molecular complexity index is 644. The molecular formula is C13H12Cl2F2N2O. The Kier molecular flexibility index (Phi) is 4.32. The standard InChI is InChI=1S/C13H12Cl2F2N2O/c1-6(2)19-12(9(15)5-18-19)13(20)7-3-11(17)8(14)4-10(7)16/h3-6,13,20H,1-2H3. The molecule has 0 saturated heterocycles. The second-order valence-electron chi connectivity index (χ2n) is 4.61. The molecule has 0 saturated carbocycles. The third-order valence-electron chi connectivity index (χ3n) is 2.87. The summed E-state index contributed by atoms with van der Waals surface area (Å²) < 4.78 is 28.8. The van der Waals surface area contributed by atoms with Crippen molar-refractivity contribution in [1.29, 1.82) is 0 Å². The molecule has 0 radical (unpaired) electrons. The maximum Gasteiger partial charge on any atom is 0.142 e. The van der Waals surface area contributed by atoms with E-state index >= 15 is 0 Å². The Morgan fingerprint density at radius 2 is 1.80 bits per heavy atom. The van der Waals surface area contributed by atoms with Gasteiger partial charge >= 0.3 is 0 Å². The van der Waals surface area contributed by atoms with Crippen molar-refractivity contribution in [3.8, 4) is 0 Å². The van der Waals surface area contributed by atoms with E-state index < -0.39 is 17.7 Å². The Morgan fingerprint density at radius 1 is 1.15 bits per heavy atom. The summed E-state index contributed by atoms with van der Waals surface area (Å²) in [6, 6.07) is 1.59. The largest absolute Gasteiger partial charge is 0.382 e. The van der Waals surface area contributed by atoms with E-state index in [1.807, 2.05) is 13.8 Å². The molecule has 1 unspecified atom stereocenters. The van der Waals surface area contributed by atoms with Gasteiger partial charge in [-0.2, -0.15) is 5.10 Å². The van der Waals surface area contributed by atoms with E-state index in [9.17, 15) is 13.9 Å². The van der Waals surface area contributed by atoms with Gasteiger partial charge in [-0.3, -0.25) is 4.68 Å². The predicted molar refractivity (Wildman–Crippen MR) is 73.1 cm³/mol. The normalized spacial score (nSPS) is 13.0. The highest BCUT2D eigenvalue weighted by molar-refractivity contribution is 6.31. The summed E-state index contributed by atoms with van der Waals surface area (Å²) >= 11 is 11.5. The van der Waals surface area contributed by atoms with Gasteiger partial charge in [0.1, 0.15) is 17.7 Å². The molecule has 0 amide bonds. The maximum atomic E-state index is 13.9. The molecule has 0 aliphatic carbocycles. The van der Waals surface area contributed by atoms with Gasteiger partial charge in [0.25, 0.3) is 0 Å². The van der Waals surface area contributed by atoms with E-state index in [1.54, 1.807) is 0 Å². The molecule has 1 atom stereocenters. The van der Waals surface area contributed by atoms with Gasteiger partial charge in [0.05, 0.1) is 21.9 Å². The average Bonchev–Trinajstić information content (AvgIpc) is 2.75. The van der Waals surface area contributed by atoms with Gasteiger partial charge in [-0.1, -0.05) is 23.2 Å². The molecule has 0 aliphatic heterocycles. The minimum Gasteiger partial charge on any atom is -0.382 e. The van der Waals surface area contributed by atoms with Gasteiger partial charge in [0, 0.05) is 11.6 Å². The number of hydrogen-bond acceptors (Lipinski definition) is 2. The molecule has 7 heteroatoms. The molecule has 2 rings (SSSR count). The van der Waals surface area contributed by atoms with Crippen LogP contribution in [0.3, 0.4) is 0 Å². The van der Waals surface area contributed by atoms with E-state index in [0.29, 0.717) is 0 Å². The molecule has 1 heterocycles. The van der Waals surface area contributed by atoms with Crippen LogP contribution in [0.4, 0.5) is 8.78 Å². The summed E-state index contributed by atoms with van der Waals surface area (Å²) in [5.74, 6) is -1.62. The van der Waals surface area contributed by atoms with Crippen molar-refractivity contribution < 1.29 is 13.9 Å². The zero-order chi connectivity index (χ0) is 15.0. The number of rotatable bonds is 3. The number of halogens is 4. The van der Waals surface area contributed by atoms with Gasteiger partial charge in [-0.15, -0.1) is 0 Å². The third-order valence-corrected chi connectivity index (χ3v) is 3.45. The Balaban J connectivity index is 2.54. The predicted octanol–water partition coefficient (Wildman–Crippen LogP) is 4.13. The molecule has 1 aromatic carbocycles. The number of aromatic nitrogens is 2. The zero-order valence-corrected chi connectivity index (χ0v) is 12.3. The highest BCUT2D eigenvalue weighted by atomic mass is 35.5. The molecular weight excluding hydrogens is 309 g/mol. The lowest BCUT2D eigenvalue weighted by molar-refractivity contribution is 0.199. The lowest BCUT2D eigenvalue weighted by Gasteiger charge is -2.17. The molecule has 1 N–H and O–H groups in total. The minimum absolute atomic E-state index is 0.0904. The van der Waals surface area contributed by atoms with Crippen molar-refractivity contribution >= 4 is 23.2 Å². The summed E-state index contributed by atoms with van der Waals surface area (Å²) in [6.45, 7) is 3.66. The summed E-state index contributed by atoms with van der Waals surface area (Å²) in [6.07, 6.45) is -0.0798. The van der Waals surface area contributed by atoms with Crippen LogP contribution in [-0.4, -0.2) is 14.9 Å². The first kappa shape index (κ1) is 15.2. The van der Waals surface area contributed by atoms with Crippen LogP contribution in [0.25, 0.3) is 0 Å². The Hall–Kier alpha value is -1.17. The molecule has 0 aliphatic rings. The quantitative estimate of drug-likeness (QED) is 0.863. The van der Waals surface area contributed by atoms with Crippen molar-refractivity contribution in [2.24, 2.45) is 0 Å². The summed E-state index contributed by atoms with van der Waals surface area (Å²) in [5, 5.41) is 14.1. The number of nitrogens with zero attached hydrogens (tertiary/aromatic N) is 2. The molecule has 1 aromatic heterocycles. The first-order valence-electron chi connectivity index (χ1n) is 5.88. The van der Waals surface area contributed by atoms with Crippen LogP contribution in [0.15, 0.2) is 18.3 Å². The molecule has 2 aromatic rings. The van der Waals surface area contributed by atoms with Crippen LogP contribution in [0.1, 0.15) is 37.3 Å².